The Morgan fingerprint density at radius 3 is 2.82 bits per heavy atom. The molecule has 5 nitrogen and oxygen atoms in total. The Hall–Kier alpha value is -1.69. The molecule has 2 heterocycles. The molecule has 1 atom stereocenters. The number of hydrogen-bond acceptors (Lipinski definition) is 4. The highest BCUT2D eigenvalue weighted by Crippen LogP contribution is 2.35. The number of nitrogens with zero attached hydrogens (tertiary/aromatic N) is 2. The minimum atomic E-state index is -0.608. The van der Waals surface area contributed by atoms with Crippen molar-refractivity contribution in [3.05, 3.63) is 26.6 Å². The van der Waals surface area contributed by atoms with Crippen LogP contribution in [0.2, 0.25) is 0 Å². The minimum Gasteiger partial charge on any atom is -0.368 e. The van der Waals surface area contributed by atoms with Crippen LogP contribution in [0.25, 0.3) is 10.2 Å². The van der Waals surface area contributed by atoms with E-state index in [4.69, 9.17) is 10.7 Å². The fourth-order valence-corrected chi connectivity index (χ4v) is 4.60. The van der Waals surface area contributed by atoms with Crippen LogP contribution < -0.4 is 11.3 Å². The lowest BCUT2D eigenvalue weighted by molar-refractivity contribution is -0.121. The van der Waals surface area contributed by atoms with Crippen molar-refractivity contribution in [3.8, 4) is 0 Å². The summed E-state index contributed by atoms with van der Waals surface area (Å²) in [6.45, 7) is 3.92. The highest BCUT2D eigenvalue weighted by Gasteiger charge is 2.26. The van der Waals surface area contributed by atoms with Crippen LogP contribution in [0, 0.1) is 0 Å². The molecule has 1 amide bonds. The first-order valence-electron chi connectivity index (χ1n) is 7.93. The van der Waals surface area contributed by atoms with Gasteiger partial charge in [-0.3, -0.25) is 14.2 Å². The van der Waals surface area contributed by atoms with Gasteiger partial charge in [-0.2, -0.15) is 0 Å². The highest BCUT2D eigenvalue weighted by atomic mass is 32.1. The van der Waals surface area contributed by atoms with E-state index in [0.29, 0.717) is 18.7 Å². The summed E-state index contributed by atoms with van der Waals surface area (Å²) < 4.78 is 1.56. The van der Waals surface area contributed by atoms with Gasteiger partial charge >= 0.3 is 0 Å². The van der Waals surface area contributed by atoms with E-state index in [1.165, 1.54) is 4.88 Å². The Morgan fingerprint density at radius 1 is 1.41 bits per heavy atom. The zero-order chi connectivity index (χ0) is 15.9. The SMILES string of the molecule is CCCc1nc2sc3c(c2c(=O)n1C(CC)C(N)=O)CCC3. The highest BCUT2D eigenvalue weighted by molar-refractivity contribution is 7.18. The summed E-state index contributed by atoms with van der Waals surface area (Å²) in [6, 6.07) is -0.608. The molecule has 0 radical (unpaired) electrons. The van der Waals surface area contributed by atoms with Crippen molar-refractivity contribution in [1.82, 2.24) is 9.55 Å². The van der Waals surface area contributed by atoms with Gasteiger partial charge < -0.3 is 5.73 Å². The van der Waals surface area contributed by atoms with E-state index < -0.39 is 11.9 Å². The summed E-state index contributed by atoms with van der Waals surface area (Å²) in [4.78, 5) is 31.7. The Labute approximate surface area is 133 Å². The Balaban J connectivity index is 2.32. The van der Waals surface area contributed by atoms with Crippen LogP contribution in [0.15, 0.2) is 4.79 Å². The predicted octanol–water partition coefficient (Wildman–Crippen LogP) is 2.34. The van der Waals surface area contributed by atoms with Gasteiger partial charge in [-0.05, 0) is 37.7 Å². The smallest absolute Gasteiger partial charge is 0.263 e. The van der Waals surface area contributed by atoms with E-state index in [0.717, 1.165) is 41.5 Å². The Morgan fingerprint density at radius 2 is 2.18 bits per heavy atom. The van der Waals surface area contributed by atoms with Crippen molar-refractivity contribution in [3.63, 3.8) is 0 Å². The zero-order valence-corrected chi connectivity index (χ0v) is 13.8. The molecule has 2 aromatic heterocycles. The maximum atomic E-state index is 13.1. The average molecular weight is 319 g/mol. The van der Waals surface area contributed by atoms with Crippen molar-refractivity contribution < 1.29 is 4.79 Å². The van der Waals surface area contributed by atoms with Crippen LogP contribution in [0.5, 0.6) is 0 Å². The van der Waals surface area contributed by atoms with E-state index in [9.17, 15) is 9.59 Å². The maximum absolute atomic E-state index is 13.1. The molecule has 22 heavy (non-hydrogen) atoms. The number of primary amides is 1. The summed E-state index contributed by atoms with van der Waals surface area (Å²) in [6.07, 6.45) is 5.13. The second kappa shape index (κ2) is 5.83. The first-order chi connectivity index (χ1) is 10.6. The number of carbonyl (C=O) groups excluding carboxylic acids is 1. The Kier molecular flexibility index (Phi) is 4.04. The lowest BCUT2D eigenvalue weighted by atomic mass is 10.1. The first-order valence-corrected chi connectivity index (χ1v) is 8.75. The molecule has 3 rings (SSSR count). The van der Waals surface area contributed by atoms with Gasteiger partial charge in [0, 0.05) is 11.3 Å². The van der Waals surface area contributed by atoms with Crippen molar-refractivity contribution in [2.45, 2.75) is 58.4 Å². The number of fused-ring (bicyclic) bond motifs is 3. The molecule has 0 aliphatic heterocycles. The van der Waals surface area contributed by atoms with E-state index in [1.807, 2.05) is 13.8 Å². The van der Waals surface area contributed by atoms with E-state index >= 15 is 0 Å². The summed E-state index contributed by atoms with van der Waals surface area (Å²) in [5.41, 5.74) is 6.58. The molecule has 0 spiro atoms. The summed E-state index contributed by atoms with van der Waals surface area (Å²) >= 11 is 1.64. The quantitative estimate of drug-likeness (QED) is 0.918. The molecule has 6 heteroatoms. The predicted molar refractivity (Wildman–Crippen MR) is 88.4 cm³/mol. The third-order valence-corrected chi connectivity index (χ3v) is 5.53. The molecule has 0 saturated carbocycles. The van der Waals surface area contributed by atoms with Crippen LogP contribution >= 0.6 is 11.3 Å². The third kappa shape index (κ3) is 2.26. The molecular formula is C16H21N3O2S. The number of carbonyl (C=O) groups is 1. The normalized spacial score (nSPS) is 15.2. The van der Waals surface area contributed by atoms with Crippen LogP contribution in [-0.2, 0) is 24.1 Å². The van der Waals surface area contributed by atoms with Gasteiger partial charge in [-0.25, -0.2) is 4.98 Å². The van der Waals surface area contributed by atoms with Crippen molar-refractivity contribution in [2.75, 3.05) is 0 Å². The van der Waals surface area contributed by atoms with Gasteiger partial charge in [0.05, 0.1) is 5.39 Å². The number of thiophene rings is 1. The molecular weight excluding hydrogens is 298 g/mol. The molecule has 1 unspecified atom stereocenters. The molecule has 2 N–H and O–H groups in total. The topological polar surface area (TPSA) is 78.0 Å². The molecule has 0 aromatic carbocycles. The van der Waals surface area contributed by atoms with Crippen molar-refractivity contribution >= 4 is 27.5 Å². The largest absolute Gasteiger partial charge is 0.368 e. The van der Waals surface area contributed by atoms with Crippen molar-refractivity contribution in [1.29, 1.82) is 0 Å². The molecule has 0 bridgehead atoms. The molecule has 1 aliphatic carbocycles. The van der Waals surface area contributed by atoms with Crippen molar-refractivity contribution in [2.24, 2.45) is 5.73 Å². The lowest BCUT2D eigenvalue weighted by Crippen LogP contribution is -2.36. The molecule has 118 valence electrons. The van der Waals surface area contributed by atoms with Gasteiger partial charge in [0.1, 0.15) is 16.7 Å². The number of aromatic nitrogens is 2. The average Bonchev–Trinajstić information content (AvgIpc) is 3.02. The van der Waals surface area contributed by atoms with Crippen LogP contribution in [0.3, 0.4) is 0 Å². The van der Waals surface area contributed by atoms with E-state index in [1.54, 1.807) is 15.9 Å². The lowest BCUT2D eigenvalue weighted by Gasteiger charge is -2.19. The van der Waals surface area contributed by atoms with Gasteiger partial charge in [0.15, 0.2) is 0 Å². The summed E-state index contributed by atoms with van der Waals surface area (Å²) in [5.74, 6) is 0.223. The van der Waals surface area contributed by atoms with Crippen LogP contribution in [0.4, 0.5) is 0 Å². The number of aryl methyl sites for hydroxylation is 3. The molecule has 1 aliphatic rings. The van der Waals surface area contributed by atoms with E-state index in [-0.39, 0.29) is 5.56 Å². The fourth-order valence-electron chi connectivity index (χ4n) is 3.33. The second-order valence-electron chi connectivity index (χ2n) is 5.82. The maximum Gasteiger partial charge on any atom is 0.263 e. The van der Waals surface area contributed by atoms with Gasteiger partial charge in [0.2, 0.25) is 5.91 Å². The third-order valence-electron chi connectivity index (χ3n) is 4.34. The minimum absolute atomic E-state index is 0.0847. The number of hydrogen-bond donors (Lipinski definition) is 1. The van der Waals surface area contributed by atoms with Gasteiger partial charge in [-0.1, -0.05) is 13.8 Å². The van der Waals surface area contributed by atoms with Crippen LogP contribution in [-0.4, -0.2) is 15.5 Å². The monoisotopic (exact) mass is 319 g/mol. The van der Waals surface area contributed by atoms with Crippen LogP contribution in [0.1, 0.15) is 55.4 Å². The summed E-state index contributed by atoms with van der Waals surface area (Å²) in [7, 11) is 0. The summed E-state index contributed by atoms with van der Waals surface area (Å²) in [5, 5.41) is 0.719. The molecule has 0 fully saturated rings. The fraction of sp³-hybridized carbons (Fsp3) is 0.562. The molecule has 2 aromatic rings. The first kappa shape index (κ1) is 15.2. The van der Waals surface area contributed by atoms with Gasteiger partial charge in [-0.15, -0.1) is 11.3 Å². The van der Waals surface area contributed by atoms with E-state index in [2.05, 4.69) is 0 Å². The Bertz CT molecular complexity index is 791. The second-order valence-corrected chi connectivity index (χ2v) is 6.90. The standard InChI is InChI=1S/C16H21N3O2S/c1-3-6-12-18-15-13(9-7-5-8-11(9)22-15)16(21)19(12)10(4-2)14(17)20/h10H,3-8H2,1-2H3,(H2,17,20). The molecule has 0 saturated heterocycles. The number of rotatable bonds is 5. The zero-order valence-electron chi connectivity index (χ0n) is 13.0. The number of amides is 1. The number of nitrogens with two attached hydrogens (primary N) is 1. The van der Waals surface area contributed by atoms with Gasteiger partial charge in [0.25, 0.3) is 5.56 Å².